The van der Waals surface area contributed by atoms with Crippen molar-refractivity contribution in [3.63, 3.8) is 0 Å². The van der Waals surface area contributed by atoms with E-state index in [0.29, 0.717) is 23.9 Å². The van der Waals surface area contributed by atoms with Gasteiger partial charge in [-0.15, -0.1) is 0 Å². The molecule has 5 heteroatoms. The summed E-state index contributed by atoms with van der Waals surface area (Å²) in [6, 6.07) is 61.9. The molecule has 0 radical (unpaired) electrons. The molecule has 3 aromatic heterocycles. The summed E-state index contributed by atoms with van der Waals surface area (Å²) in [5.41, 5.74) is 17.6. The molecule has 13 rings (SSSR count). The third-order valence-electron chi connectivity index (χ3n) is 13.3. The minimum Gasteiger partial charge on any atom is -0.456 e. The van der Waals surface area contributed by atoms with Crippen LogP contribution in [0.3, 0.4) is 0 Å². The van der Waals surface area contributed by atoms with Crippen LogP contribution in [0.4, 0.5) is 0 Å². The van der Waals surface area contributed by atoms with Gasteiger partial charge in [0, 0.05) is 50.2 Å². The van der Waals surface area contributed by atoms with Gasteiger partial charge in [-0.2, -0.15) is 0 Å². The first kappa shape index (κ1) is 40.2. The first-order valence-electron chi connectivity index (χ1n) is 23.4. The van der Waals surface area contributed by atoms with Crippen LogP contribution in [-0.4, -0.2) is 15.0 Å². The lowest BCUT2D eigenvalue weighted by Gasteiger charge is -2.11. The summed E-state index contributed by atoms with van der Waals surface area (Å²) < 4.78 is 13.0. The first-order valence-corrected chi connectivity index (χ1v) is 23.4. The molecule has 2 aliphatic carbocycles. The molecular formula is C64H41N3O2. The standard InChI is InChI=1S/C64H41N3O2/c1-2-6-18-48(17-5-1)62-65-63(67-64(66-62)55-21-12-22-58-60(55)56-39-50(36-38-57(56)68-58)41-13-7-3-8-14-41)49-33-29-46(30-34-49)44-25-23-43(24-26-44)45-27-31-47(32-28-45)52-19-11-20-54-53-37-35-51(40-59(53)69-61(52)54)42-15-9-4-10-16-42/h1,4-5,7,9-17,19-40H,3,8,18H2. The van der Waals surface area contributed by atoms with Crippen LogP contribution in [0.15, 0.2) is 221 Å². The van der Waals surface area contributed by atoms with Gasteiger partial charge in [-0.05, 0) is 99.3 Å². The Kier molecular flexibility index (Phi) is 9.88. The Morgan fingerprint density at radius 3 is 1.87 bits per heavy atom. The van der Waals surface area contributed by atoms with Crippen molar-refractivity contribution in [3.05, 3.63) is 224 Å². The van der Waals surface area contributed by atoms with Gasteiger partial charge in [0.15, 0.2) is 17.5 Å². The average Bonchev–Trinajstić information content (AvgIpc) is 3.87. The Labute approximate surface area is 399 Å². The molecule has 11 aromatic rings. The minimum absolute atomic E-state index is 0.537. The molecule has 3 heterocycles. The number of para-hydroxylation sites is 1. The first-order chi connectivity index (χ1) is 34.2. The predicted octanol–water partition coefficient (Wildman–Crippen LogP) is 16.8. The molecular weight excluding hydrogens is 843 g/mol. The highest BCUT2D eigenvalue weighted by molar-refractivity contribution is 6.13. The number of nitrogens with zero attached hydrogens (tertiary/aromatic N) is 3. The molecule has 8 aromatic carbocycles. The fourth-order valence-corrected chi connectivity index (χ4v) is 9.76. The molecule has 324 valence electrons. The minimum atomic E-state index is 0.537. The highest BCUT2D eigenvalue weighted by Gasteiger charge is 2.20. The molecule has 69 heavy (non-hydrogen) atoms. The number of hydrogen-bond acceptors (Lipinski definition) is 5. The zero-order valence-electron chi connectivity index (χ0n) is 37.5. The number of fused-ring (bicyclic) bond motifs is 6. The number of aromatic nitrogens is 3. The van der Waals surface area contributed by atoms with Crippen molar-refractivity contribution < 1.29 is 8.83 Å². The van der Waals surface area contributed by atoms with E-state index < -0.39 is 0 Å². The van der Waals surface area contributed by atoms with E-state index in [9.17, 15) is 0 Å². The molecule has 0 spiro atoms. The second-order valence-electron chi connectivity index (χ2n) is 17.6. The number of hydrogen-bond donors (Lipinski definition) is 0. The molecule has 0 saturated carbocycles. The summed E-state index contributed by atoms with van der Waals surface area (Å²) in [4.78, 5) is 15.4. The molecule has 0 unspecified atom stereocenters. The van der Waals surface area contributed by atoms with Gasteiger partial charge in [-0.1, -0.05) is 188 Å². The Bertz CT molecular complexity index is 4010. The van der Waals surface area contributed by atoms with Gasteiger partial charge in [-0.3, -0.25) is 0 Å². The van der Waals surface area contributed by atoms with Crippen molar-refractivity contribution in [2.45, 2.75) is 19.3 Å². The molecule has 5 nitrogen and oxygen atoms in total. The van der Waals surface area contributed by atoms with Crippen molar-refractivity contribution in [3.8, 4) is 79.1 Å². The smallest absolute Gasteiger partial charge is 0.164 e. The van der Waals surface area contributed by atoms with Gasteiger partial charge in [-0.25, -0.2) is 15.0 Å². The van der Waals surface area contributed by atoms with Crippen LogP contribution in [-0.2, 0) is 0 Å². The summed E-state index contributed by atoms with van der Waals surface area (Å²) in [5.74, 6) is 8.11. The van der Waals surface area contributed by atoms with Gasteiger partial charge >= 0.3 is 0 Å². The van der Waals surface area contributed by atoms with Crippen molar-refractivity contribution >= 4 is 55.0 Å². The summed E-state index contributed by atoms with van der Waals surface area (Å²) in [6.07, 6.45) is 15.3. The Balaban J connectivity index is 0.794. The zero-order chi connectivity index (χ0) is 45.7. The largest absolute Gasteiger partial charge is 0.456 e. The topological polar surface area (TPSA) is 65.0 Å². The second-order valence-corrected chi connectivity index (χ2v) is 17.6. The van der Waals surface area contributed by atoms with E-state index in [0.717, 1.165) is 118 Å². The quantitative estimate of drug-likeness (QED) is 0.142. The highest BCUT2D eigenvalue weighted by atomic mass is 16.3. The van der Waals surface area contributed by atoms with Crippen molar-refractivity contribution in [2.75, 3.05) is 0 Å². The van der Waals surface area contributed by atoms with Gasteiger partial charge in [0.1, 0.15) is 22.3 Å². The van der Waals surface area contributed by atoms with E-state index in [2.05, 4.69) is 188 Å². The SMILES string of the molecule is C1#CCC(c2nc(-c3ccc(-c4ccc(-c5ccc(-c6cccc7c6oc6cc(-c8ccccc8)ccc67)cc5)cc4)cc3)nc(-c3cccc4oc5ccc(C6=CCCC=C6)cc5c34)n2)=CC=C1. The lowest BCUT2D eigenvalue weighted by Crippen LogP contribution is -2.03. The predicted molar refractivity (Wildman–Crippen MR) is 283 cm³/mol. The molecule has 0 aliphatic heterocycles. The van der Waals surface area contributed by atoms with Crippen LogP contribution in [0, 0.1) is 11.8 Å². The molecule has 0 atom stereocenters. The van der Waals surface area contributed by atoms with E-state index in [-0.39, 0.29) is 0 Å². The van der Waals surface area contributed by atoms with Crippen LogP contribution in [0.25, 0.3) is 122 Å². The van der Waals surface area contributed by atoms with Crippen LogP contribution in [0.5, 0.6) is 0 Å². The molecule has 0 amide bonds. The number of furan rings is 2. The highest BCUT2D eigenvalue weighted by Crippen LogP contribution is 2.40. The number of allylic oxidation sites excluding steroid dienone is 8. The normalized spacial score (nSPS) is 13.4. The van der Waals surface area contributed by atoms with Gasteiger partial charge in [0.2, 0.25) is 0 Å². The third-order valence-corrected chi connectivity index (χ3v) is 13.3. The van der Waals surface area contributed by atoms with Crippen molar-refractivity contribution in [1.29, 1.82) is 0 Å². The summed E-state index contributed by atoms with van der Waals surface area (Å²) in [5, 5.41) is 4.26. The third kappa shape index (κ3) is 7.46. The Hall–Kier alpha value is -9.11. The van der Waals surface area contributed by atoms with Crippen LogP contribution >= 0.6 is 0 Å². The monoisotopic (exact) mass is 883 g/mol. The lowest BCUT2D eigenvalue weighted by molar-refractivity contribution is 0.669. The maximum Gasteiger partial charge on any atom is 0.164 e. The molecule has 0 fully saturated rings. The van der Waals surface area contributed by atoms with E-state index in [4.69, 9.17) is 23.8 Å². The van der Waals surface area contributed by atoms with Crippen molar-refractivity contribution in [1.82, 2.24) is 15.0 Å². The van der Waals surface area contributed by atoms with Gasteiger partial charge in [0.05, 0.1) is 0 Å². The van der Waals surface area contributed by atoms with Gasteiger partial charge in [0.25, 0.3) is 0 Å². The molecule has 0 saturated heterocycles. The van der Waals surface area contributed by atoms with Gasteiger partial charge < -0.3 is 8.83 Å². The van der Waals surface area contributed by atoms with E-state index >= 15 is 0 Å². The van der Waals surface area contributed by atoms with Crippen LogP contribution in [0.2, 0.25) is 0 Å². The van der Waals surface area contributed by atoms with E-state index in [1.807, 2.05) is 36.4 Å². The molecule has 0 bridgehead atoms. The van der Waals surface area contributed by atoms with Crippen molar-refractivity contribution in [2.24, 2.45) is 0 Å². The van der Waals surface area contributed by atoms with E-state index in [1.54, 1.807) is 0 Å². The molecule has 0 N–H and O–H groups in total. The second kappa shape index (κ2) is 17.0. The fourth-order valence-electron chi connectivity index (χ4n) is 9.76. The average molecular weight is 884 g/mol. The zero-order valence-corrected chi connectivity index (χ0v) is 37.5. The molecule has 2 aliphatic rings. The number of benzene rings is 8. The van der Waals surface area contributed by atoms with Crippen LogP contribution in [0.1, 0.15) is 30.7 Å². The Morgan fingerprint density at radius 1 is 0.435 bits per heavy atom. The summed E-state index contributed by atoms with van der Waals surface area (Å²) in [6.45, 7) is 0. The van der Waals surface area contributed by atoms with E-state index in [1.165, 1.54) is 11.1 Å². The Morgan fingerprint density at radius 2 is 1.10 bits per heavy atom. The maximum absolute atomic E-state index is 6.58. The van der Waals surface area contributed by atoms with Crippen LogP contribution < -0.4 is 0 Å². The lowest BCUT2D eigenvalue weighted by atomic mass is 9.97. The summed E-state index contributed by atoms with van der Waals surface area (Å²) in [7, 11) is 0. The fraction of sp³-hybridized carbons (Fsp3) is 0.0469. The maximum atomic E-state index is 6.58. The summed E-state index contributed by atoms with van der Waals surface area (Å²) >= 11 is 0. The number of rotatable bonds is 8.